The summed E-state index contributed by atoms with van der Waals surface area (Å²) in [6.07, 6.45) is 7.22. The van der Waals surface area contributed by atoms with Gasteiger partial charge in [-0.2, -0.15) is 0 Å². The fourth-order valence-corrected chi connectivity index (χ4v) is 2.75. The second-order valence-electron chi connectivity index (χ2n) is 5.37. The van der Waals surface area contributed by atoms with Crippen LogP contribution in [0.15, 0.2) is 18.5 Å². The molecule has 1 aromatic carbocycles. The van der Waals surface area contributed by atoms with Crippen molar-refractivity contribution in [3.63, 3.8) is 0 Å². The zero-order valence-corrected chi connectivity index (χ0v) is 9.95. The van der Waals surface area contributed by atoms with Crippen LogP contribution in [-0.4, -0.2) is 16.1 Å². The second kappa shape index (κ2) is 3.49. The van der Waals surface area contributed by atoms with Crippen LogP contribution in [0.25, 0.3) is 11.0 Å². The van der Waals surface area contributed by atoms with Gasteiger partial charge in [-0.1, -0.05) is 0 Å². The van der Waals surface area contributed by atoms with Gasteiger partial charge in [-0.15, -0.1) is 0 Å². The third-order valence-electron chi connectivity index (χ3n) is 3.94. The molecule has 1 aliphatic carbocycles. The van der Waals surface area contributed by atoms with Gasteiger partial charge < -0.3 is 9.88 Å². The maximum absolute atomic E-state index is 4.54. The number of anilines is 1. The molecule has 0 atom stereocenters. The number of nitrogens with zero attached hydrogens (tertiary/aromatic N) is 2. The quantitative estimate of drug-likeness (QED) is 0.855. The Morgan fingerprint density at radius 3 is 3.18 bits per heavy atom. The molecule has 0 amide bonds. The lowest BCUT2D eigenvalue weighted by molar-refractivity contribution is 0.642. The Labute approximate surface area is 101 Å². The van der Waals surface area contributed by atoms with Crippen molar-refractivity contribution >= 4 is 16.7 Å². The molecule has 4 rings (SSSR count). The van der Waals surface area contributed by atoms with Gasteiger partial charge in [0, 0.05) is 18.8 Å². The number of benzene rings is 1. The summed E-state index contributed by atoms with van der Waals surface area (Å²) in [4.78, 5) is 4.54. The molecule has 1 fully saturated rings. The highest BCUT2D eigenvalue weighted by Crippen LogP contribution is 2.33. The highest BCUT2D eigenvalue weighted by atomic mass is 15.1. The van der Waals surface area contributed by atoms with Crippen molar-refractivity contribution in [3.8, 4) is 0 Å². The van der Waals surface area contributed by atoms with E-state index in [0.717, 1.165) is 24.5 Å². The summed E-state index contributed by atoms with van der Waals surface area (Å²) >= 11 is 0. The molecule has 2 heterocycles. The average molecular weight is 227 g/mol. The lowest BCUT2D eigenvalue weighted by atomic mass is 10.0. The standard InChI is InChI=1S/C14H17N3/c1-2-11-6-13-14(7-12(11)15-5-1)17(9-16-13)8-10-3-4-10/h6-7,9-10,15H,1-5,8H2. The van der Waals surface area contributed by atoms with Gasteiger partial charge in [0.25, 0.3) is 0 Å². The van der Waals surface area contributed by atoms with Gasteiger partial charge in [0.05, 0.1) is 17.4 Å². The summed E-state index contributed by atoms with van der Waals surface area (Å²) in [5.41, 5.74) is 5.21. The molecular weight excluding hydrogens is 210 g/mol. The van der Waals surface area contributed by atoms with Gasteiger partial charge in [0.1, 0.15) is 0 Å². The molecule has 2 aliphatic rings. The Hall–Kier alpha value is -1.51. The molecule has 1 aromatic heterocycles. The van der Waals surface area contributed by atoms with E-state index >= 15 is 0 Å². The Morgan fingerprint density at radius 1 is 1.35 bits per heavy atom. The van der Waals surface area contributed by atoms with Crippen molar-refractivity contribution in [2.45, 2.75) is 32.2 Å². The summed E-state index contributed by atoms with van der Waals surface area (Å²) in [6, 6.07) is 4.55. The molecule has 1 N–H and O–H groups in total. The highest BCUT2D eigenvalue weighted by molar-refractivity contribution is 5.82. The molecule has 1 aliphatic heterocycles. The normalized spacial score (nSPS) is 19.1. The first-order chi connectivity index (χ1) is 8.40. The molecular formula is C14H17N3. The van der Waals surface area contributed by atoms with Crippen LogP contribution in [-0.2, 0) is 13.0 Å². The van der Waals surface area contributed by atoms with Crippen molar-refractivity contribution in [1.29, 1.82) is 0 Å². The van der Waals surface area contributed by atoms with Gasteiger partial charge in [-0.05, 0) is 49.3 Å². The molecule has 0 radical (unpaired) electrons. The van der Waals surface area contributed by atoms with Crippen molar-refractivity contribution in [2.24, 2.45) is 5.92 Å². The van der Waals surface area contributed by atoms with Gasteiger partial charge in [0.15, 0.2) is 0 Å². The minimum Gasteiger partial charge on any atom is -0.385 e. The summed E-state index contributed by atoms with van der Waals surface area (Å²) in [6.45, 7) is 2.25. The number of aryl methyl sites for hydroxylation is 1. The average Bonchev–Trinajstić information content (AvgIpc) is 3.09. The fraction of sp³-hybridized carbons (Fsp3) is 0.500. The number of imidazole rings is 1. The minimum absolute atomic E-state index is 0.899. The van der Waals surface area contributed by atoms with Crippen molar-refractivity contribution in [3.05, 3.63) is 24.0 Å². The van der Waals surface area contributed by atoms with Gasteiger partial charge in [0.2, 0.25) is 0 Å². The van der Waals surface area contributed by atoms with Crippen molar-refractivity contribution in [1.82, 2.24) is 9.55 Å². The highest BCUT2D eigenvalue weighted by Gasteiger charge is 2.22. The fourth-order valence-electron chi connectivity index (χ4n) is 2.75. The van der Waals surface area contributed by atoms with E-state index in [2.05, 4.69) is 27.0 Å². The Bertz CT molecular complexity index is 566. The van der Waals surface area contributed by atoms with Crippen LogP contribution >= 0.6 is 0 Å². The van der Waals surface area contributed by atoms with E-state index in [1.807, 2.05) is 6.33 Å². The Morgan fingerprint density at radius 2 is 2.29 bits per heavy atom. The molecule has 1 saturated carbocycles. The molecule has 3 heteroatoms. The molecule has 2 aromatic rings. The first-order valence-electron chi connectivity index (χ1n) is 6.62. The van der Waals surface area contributed by atoms with Crippen LogP contribution < -0.4 is 5.32 Å². The third kappa shape index (κ3) is 1.61. The summed E-state index contributed by atoms with van der Waals surface area (Å²) in [5.74, 6) is 0.899. The number of nitrogens with one attached hydrogen (secondary N) is 1. The lowest BCUT2D eigenvalue weighted by Gasteiger charge is -2.18. The van der Waals surface area contributed by atoms with Crippen LogP contribution in [0.3, 0.4) is 0 Å². The minimum atomic E-state index is 0.899. The van der Waals surface area contributed by atoms with Crippen LogP contribution in [0.5, 0.6) is 0 Å². The van der Waals surface area contributed by atoms with E-state index in [9.17, 15) is 0 Å². The van der Waals surface area contributed by atoms with Gasteiger partial charge >= 0.3 is 0 Å². The number of fused-ring (bicyclic) bond motifs is 2. The van der Waals surface area contributed by atoms with E-state index < -0.39 is 0 Å². The van der Waals surface area contributed by atoms with Gasteiger partial charge in [-0.3, -0.25) is 0 Å². The molecule has 0 spiro atoms. The predicted octanol–water partition coefficient (Wildman–Crippen LogP) is 2.80. The molecule has 0 unspecified atom stereocenters. The van der Waals surface area contributed by atoms with E-state index in [-0.39, 0.29) is 0 Å². The summed E-state index contributed by atoms with van der Waals surface area (Å²) in [7, 11) is 0. The number of aromatic nitrogens is 2. The molecule has 0 bridgehead atoms. The molecule has 88 valence electrons. The molecule has 17 heavy (non-hydrogen) atoms. The van der Waals surface area contributed by atoms with Gasteiger partial charge in [-0.25, -0.2) is 4.98 Å². The van der Waals surface area contributed by atoms with Crippen molar-refractivity contribution < 1.29 is 0 Å². The van der Waals surface area contributed by atoms with E-state index in [0.29, 0.717) is 0 Å². The number of rotatable bonds is 2. The topological polar surface area (TPSA) is 29.9 Å². The maximum Gasteiger partial charge on any atom is 0.0958 e. The number of hydrogen-bond donors (Lipinski definition) is 1. The predicted molar refractivity (Wildman–Crippen MR) is 69.3 cm³/mol. The first kappa shape index (κ1) is 9.51. The largest absolute Gasteiger partial charge is 0.385 e. The molecule has 3 nitrogen and oxygen atoms in total. The Balaban J connectivity index is 1.82. The third-order valence-corrected chi connectivity index (χ3v) is 3.94. The zero-order valence-electron chi connectivity index (χ0n) is 9.95. The van der Waals surface area contributed by atoms with E-state index in [1.165, 1.54) is 42.5 Å². The van der Waals surface area contributed by atoms with E-state index in [1.54, 1.807) is 0 Å². The van der Waals surface area contributed by atoms with Crippen LogP contribution in [0.4, 0.5) is 5.69 Å². The summed E-state index contributed by atoms with van der Waals surface area (Å²) < 4.78 is 2.32. The zero-order chi connectivity index (χ0) is 11.2. The smallest absolute Gasteiger partial charge is 0.0958 e. The Kier molecular flexibility index (Phi) is 1.95. The maximum atomic E-state index is 4.54. The SMILES string of the molecule is c1c2c(cc3c1ncn3CC1CC1)NCCC2. The lowest BCUT2D eigenvalue weighted by Crippen LogP contribution is -2.11. The van der Waals surface area contributed by atoms with Crippen LogP contribution in [0.2, 0.25) is 0 Å². The summed E-state index contributed by atoms with van der Waals surface area (Å²) in [5, 5.41) is 3.50. The monoisotopic (exact) mass is 227 g/mol. The van der Waals surface area contributed by atoms with Crippen LogP contribution in [0, 0.1) is 5.92 Å². The van der Waals surface area contributed by atoms with E-state index in [4.69, 9.17) is 0 Å². The first-order valence-corrected chi connectivity index (χ1v) is 6.62. The van der Waals surface area contributed by atoms with Crippen molar-refractivity contribution in [2.75, 3.05) is 11.9 Å². The van der Waals surface area contributed by atoms with Crippen LogP contribution in [0.1, 0.15) is 24.8 Å². The molecule has 0 saturated heterocycles. The second-order valence-corrected chi connectivity index (χ2v) is 5.37. The number of hydrogen-bond acceptors (Lipinski definition) is 2.